The fraction of sp³-hybridized carbons (Fsp3) is 0.588. The van der Waals surface area contributed by atoms with Gasteiger partial charge in [-0.3, -0.25) is 9.79 Å². The molecule has 0 aliphatic carbocycles. The van der Waals surface area contributed by atoms with E-state index in [-0.39, 0.29) is 29.9 Å². The molecule has 0 atom stereocenters. The Morgan fingerprint density at radius 1 is 1.19 bits per heavy atom. The van der Waals surface area contributed by atoms with E-state index in [1.54, 1.807) is 26.4 Å². The number of methoxy groups -OCH3 is 1. The number of aliphatic imine (C=N–C) groups is 1. The van der Waals surface area contributed by atoms with Crippen molar-refractivity contribution in [2.45, 2.75) is 19.8 Å². The van der Waals surface area contributed by atoms with Gasteiger partial charge >= 0.3 is 0 Å². The number of pyridine rings is 1. The summed E-state index contributed by atoms with van der Waals surface area (Å²) in [5.41, 5.74) is 1.05. The van der Waals surface area contributed by atoms with Crippen molar-refractivity contribution in [3.8, 4) is 0 Å². The van der Waals surface area contributed by atoms with Crippen LogP contribution in [0, 0.1) is 6.92 Å². The van der Waals surface area contributed by atoms with Gasteiger partial charge in [0.05, 0.1) is 13.2 Å². The zero-order chi connectivity index (χ0) is 18.3. The summed E-state index contributed by atoms with van der Waals surface area (Å²) in [5.74, 6) is 1.13. The Morgan fingerprint density at radius 2 is 1.96 bits per heavy atom. The molecule has 26 heavy (non-hydrogen) atoms. The number of ether oxygens (including phenoxy) is 2. The van der Waals surface area contributed by atoms with E-state index in [1.807, 2.05) is 13.0 Å². The lowest BCUT2D eigenvalue weighted by molar-refractivity contribution is -0.116. The Labute approximate surface area is 172 Å². The topological polar surface area (TPSA) is 96.9 Å². The van der Waals surface area contributed by atoms with E-state index < -0.39 is 0 Å². The third-order valence-corrected chi connectivity index (χ3v) is 3.24. The summed E-state index contributed by atoms with van der Waals surface area (Å²) in [6, 6.07) is 3.70. The molecule has 1 aromatic heterocycles. The SMILES string of the molecule is CN=C(NCCCOCCOC)NCCC(=O)Nc1ccc(C)cn1.I. The highest BCUT2D eigenvalue weighted by molar-refractivity contribution is 14.0. The Bertz CT molecular complexity index is 526. The van der Waals surface area contributed by atoms with Crippen molar-refractivity contribution < 1.29 is 14.3 Å². The third kappa shape index (κ3) is 12.0. The molecule has 0 aromatic carbocycles. The molecule has 0 radical (unpaired) electrons. The quantitative estimate of drug-likeness (QED) is 0.193. The van der Waals surface area contributed by atoms with Crippen LogP contribution in [0.15, 0.2) is 23.3 Å². The summed E-state index contributed by atoms with van der Waals surface area (Å²) in [7, 11) is 3.35. The summed E-state index contributed by atoms with van der Waals surface area (Å²) in [5, 5.41) is 9.04. The first-order valence-corrected chi connectivity index (χ1v) is 8.39. The largest absolute Gasteiger partial charge is 0.382 e. The number of rotatable bonds is 11. The zero-order valence-electron chi connectivity index (χ0n) is 15.7. The van der Waals surface area contributed by atoms with Crippen molar-refractivity contribution in [3.63, 3.8) is 0 Å². The van der Waals surface area contributed by atoms with Crippen molar-refractivity contribution in [2.75, 3.05) is 52.4 Å². The summed E-state index contributed by atoms with van der Waals surface area (Å²) in [6.45, 7) is 5.06. The van der Waals surface area contributed by atoms with Crippen LogP contribution in [0.4, 0.5) is 5.82 Å². The van der Waals surface area contributed by atoms with Crippen LogP contribution < -0.4 is 16.0 Å². The number of amides is 1. The monoisotopic (exact) mass is 479 g/mol. The first-order chi connectivity index (χ1) is 12.2. The van der Waals surface area contributed by atoms with E-state index in [4.69, 9.17) is 9.47 Å². The fourth-order valence-electron chi connectivity index (χ4n) is 1.89. The van der Waals surface area contributed by atoms with Crippen molar-refractivity contribution in [1.82, 2.24) is 15.6 Å². The van der Waals surface area contributed by atoms with Gasteiger partial charge in [-0.1, -0.05) is 6.07 Å². The molecule has 0 bridgehead atoms. The number of halogens is 1. The van der Waals surface area contributed by atoms with Crippen molar-refractivity contribution in [3.05, 3.63) is 23.9 Å². The number of carbonyl (C=O) groups excluding carboxylic acids is 1. The minimum absolute atomic E-state index is 0. The maximum Gasteiger partial charge on any atom is 0.227 e. The highest BCUT2D eigenvalue weighted by Gasteiger charge is 2.04. The van der Waals surface area contributed by atoms with Gasteiger partial charge in [-0.05, 0) is 25.0 Å². The molecule has 1 rings (SSSR count). The van der Waals surface area contributed by atoms with Gasteiger partial charge in [-0.2, -0.15) is 0 Å². The highest BCUT2D eigenvalue weighted by atomic mass is 127. The minimum atomic E-state index is -0.0918. The molecular formula is C17H30IN5O3. The molecule has 148 valence electrons. The second-order valence-corrected chi connectivity index (χ2v) is 5.40. The van der Waals surface area contributed by atoms with E-state index >= 15 is 0 Å². The summed E-state index contributed by atoms with van der Waals surface area (Å²) >= 11 is 0. The van der Waals surface area contributed by atoms with Gasteiger partial charge in [0.25, 0.3) is 0 Å². The van der Waals surface area contributed by atoms with Crippen LogP contribution in [0.5, 0.6) is 0 Å². The molecule has 3 N–H and O–H groups in total. The molecule has 1 heterocycles. The number of hydrogen-bond donors (Lipinski definition) is 3. The molecule has 0 aliphatic rings. The first-order valence-electron chi connectivity index (χ1n) is 8.39. The molecule has 0 aliphatic heterocycles. The van der Waals surface area contributed by atoms with Gasteiger partial charge < -0.3 is 25.4 Å². The number of aromatic nitrogens is 1. The van der Waals surface area contributed by atoms with Crippen LogP contribution >= 0.6 is 24.0 Å². The molecule has 0 fully saturated rings. The van der Waals surface area contributed by atoms with E-state index in [2.05, 4.69) is 25.9 Å². The summed E-state index contributed by atoms with van der Waals surface area (Å²) < 4.78 is 10.3. The molecule has 9 heteroatoms. The number of hydrogen-bond acceptors (Lipinski definition) is 5. The van der Waals surface area contributed by atoms with Crippen LogP contribution in [0.2, 0.25) is 0 Å². The lowest BCUT2D eigenvalue weighted by Crippen LogP contribution is -2.39. The zero-order valence-corrected chi connectivity index (χ0v) is 18.0. The Morgan fingerprint density at radius 3 is 2.62 bits per heavy atom. The average Bonchev–Trinajstić information content (AvgIpc) is 2.61. The lowest BCUT2D eigenvalue weighted by atomic mass is 10.3. The number of nitrogens with zero attached hydrogens (tertiary/aromatic N) is 2. The second-order valence-electron chi connectivity index (χ2n) is 5.40. The van der Waals surface area contributed by atoms with Crippen LogP contribution in [-0.4, -0.2) is 63.9 Å². The number of carbonyl (C=O) groups is 1. The van der Waals surface area contributed by atoms with Crippen LogP contribution in [-0.2, 0) is 14.3 Å². The van der Waals surface area contributed by atoms with E-state index in [9.17, 15) is 4.79 Å². The Kier molecular flexibility index (Phi) is 14.9. The molecule has 0 saturated carbocycles. The number of nitrogens with one attached hydrogen (secondary N) is 3. The predicted molar refractivity (Wildman–Crippen MR) is 114 cm³/mol. The summed E-state index contributed by atoms with van der Waals surface area (Å²) in [4.78, 5) is 20.1. The van der Waals surface area contributed by atoms with Crippen molar-refractivity contribution in [2.24, 2.45) is 4.99 Å². The maximum absolute atomic E-state index is 11.9. The maximum atomic E-state index is 11.9. The smallest absolute Gasteiger partial charge is 0.227 e. The molecule has 0 saturated heterocycles. The number of aryl methyl sites for hydroxylation is 1. The molecule has 0 unspecified atom stereocenters. The number of guanidine groups is 1. The molecule has 8 nitrogen and oxygen atoms in total. The minimum Gasteiger partial charge on any atom is -0.382 e. The standard InChI is InChI=1S/C17H29N5O3.HI/c1-14-5-6-15(21-13-14)22-16(23)7-9-20-17(18-2)19-8-4-10-25-12-11-24-3;/h5-6,13H,4,7-12H2,1-3H3,(H2,18,19,20)(H,21,22,23);1H. The van der Waals surface area contributed by atoms with Gasteiger partial charge in [0, 0.05) is 46.5 Å². The number of anilines is 1. The fourth-order valence-corrected chi connectivity index (χ4v) is 1.89. The Balaban J connectivity index is 0.00000625. The highest BCUT2D eigenvalue weighted by Crippen LogP contribution is 2.03. The predicted octanol–water partition coefficient (Wildman–Crippen LogP) is 1.55. The normalized spacial score (nSPS) is 10.8. The molecule has 1 aromatic rings. The van der Waals surface area contributed by atoms with Crippen LogP contribution in [0.1, 0.15) is 18.4 Å². The molecule has 0 spiro atoms. The molecular weight excluding hydrogens is 449 g/mol. The van der Waals surface area contributed by atoms with Crippen molar-refractivity contribution >= 4 is 41.7 Å². The average molecular weight is 479 g/mol. The first kappa shape index (κ1) is 24.5. The van der Waals surface area contributed by atoms with E-state index in [0.717, 1.165) is 18.5 Å². The Hall–Kier alpha value is -1.46. The van der Waals surface area contributed by atoms with Crippen molar-refractivity contribution in [1.29, 1.82) is 0 Å². The van der Waals surface area contributed by atoms with Gasteiger partial charge in [-0.15, -0.1) is 24.0 Å². The van der Waals surface area contributed by atoms with Gasteiger partial charge in [0.15, 0.2) is 5.96 Å². The van der Waals surface area contributed by atoms with Crippen LogP contribution in [0.25, 0.3) is 0 Å². The van der Waals surface area contributed by atoms with Crippen LogP contribution in [0.3, 0.4) is 0 Å². The van der Waals surface area contributed by atoms with Gasteiger partial charge in [-0.25, -0.2) is 4.98 Å². The summed E-state index contributed by atoms with van der Waals surface area (Å²) in [6.07, 6.45) is 2.92. The van der Waals surface area contributed by atoms with E-state index in [0.29, 0.717) is 44.6 Å². The van der Waals surface area contributed by atoms with Gasteiger partial charge in [0.2, 0.25) is 5.91 Å². The lowest BCUT2D eigenvalue weighted by Gasteiger charge is -2.12. The van der Waals surface area contributed by atoms with Gasteiger partial charge in [0.1, 0.15) is 5.82 Å². The third-order valence-electron chi connectivity index (χ3n) is 3.24. The van der Waals surface area contributed by atoms with E-state index in [1.165, 1.54) is 0 Å². The molecule has 1 amide bonds. The second kappa shape index (κ2) is 15.8.